The van der Waals surface area contributed by atoms with E-state index in [1.165, 1.54) is 21.1 Å². The maximum atomic E-state index is 12.3. The van der Waals surface area contributed by atoms with Crippen LogP contribution < -0.4 is 5.32 Å². The van der Waals surface area contributed by atoms with E-state index in [0.717, 1.165) is 6.20 Å². The maximum absolute atomic E-state index is 12.3. The molecule has 0 atom stereocenters. The molecule has 0 fully saturated rings. The Balaban J connectivity index is 1.64. The monoisotopic (exact) mass is 354 g/mol. The second-order valence-corrected chi connectivity index (χ2v) is 6.11. The van der Waals surface area contributed by atoms with Gasteiger partial charge in [-0.1, -0.05) is 26.0 Å². The molecule has 0 saturated carbocycles. The van der Waals surface area contributed by atoms with E-state index in [2.05, 4.69) is 29.4 Å². The summed E-state index contributed by atoms with van der Waals surface area (Å²) in [7, 11) is 0. The Morgan fingerprint density at radius 1 is 1.23 bits per heavy atom. The quantitative estimate of drug-likeness (QED) is 0.541. The van der Waals surface area contributed by atoms with Crippen LogP contribution in [0.3, 0.4) is 0 Å². The zero-order chi connectivity index (χ0) is 18.7. The van der Waals surface area contributed by atoms with Crippen molar-refractivity contribution in [2.45, 2.75) is 26.4 Å². The Morgan fingerprint density at radius 2 is 1.96 bits per heavy atom. The first-order chi connectivity index (χ1) is 12.4. The highest BCUT2D eigenvalue weighted by molar-refractivity contribution is 6.02. The van der Waals surface area contributed by atoms with Gasteiger partial charge in [0.15, 0.2) is 5.69 Å². The number of hydrogen-bond acceptors (Lipinski definition) is 5. The molecule has 0 radical (unpaired) electrons. The van der Waals surface area contributed by atoms with Crippen molar-refractivity contribution in [2.24, 2.45) is 0 Å². The summed E-state index contributed by atoms with van der Waals surface area (Å²) in [5.41, 5.74) is 2.04. The highest BCUT2D eigenvalue weighted by Crippen LogP contribution is 2.17. The second-order valence-electron chi connectivity index (χ2n) is 6.11. The lowest BCUT2D eigenvalue weighted by molar-refractivity contribution is -0.385. The number of nitrogens with zero attached hydrogens (tertiary/aromatic N) is 5. The number of hydrogen-bond donors (Lipinski definition) is 1. The van der Waals surface area contributed by atoms with Crippen LogP contribution in [-0.4, -0.2) is 30.4 Å². The summed E-state index contributed by atoms with van der Waals surface area (Å²) in [4.78, 5) is 22.4. The molecule has 0 bridgehead atoms. The largest absolute Gasteiger partial charge is 0.321 e. The first-order valence-corrected chi connectivity index (χ1v) is 8.04. The van der Waals surface area contributed by atoms with Crippen LogP contribution in [0.4, 0.5) is 11.4 Å². The van der Waals surface area contributed by atoms with Crippen LogP contribution in [0, 0.1) is 10.1 Å². The summed E-state index contributed by atoms with van der Waals surface area (Å²) in [6.45, 7) is 4.38. The van der Waals surface area contributed by atoms with Gasteiger partial charge >= 0.3 is 5.69 Å². The van der Waals surface area contributed by atoms with Gasteiger partial charge in [-0.3, -0.25) is 19.6 Å². The Hall–Kier alpha value is -3.49. The molecule has 2 aromatic heterocycles. The fourth-order valence-corrected chi connectivity index (χ4v) is 2.38. The lowest BCUT2D eigenvalue weighted by Gasteiger charge is -2.07. The summed E-state index contributed by atoms with van der Waals surface area (Å²) in [6.07, 6.45) is 4.08. The molecule has 1 N–H and O–H groups in total. The summed E-state index contributed by atoms with van der Waals surface area (Å²) < 4.78 is 2.85. The highest BCUT2D eigenvalue weighted by atomic mass is 16.6. The van der Waals surface area contributed by atoms with Gasteiger partial charge in [0.25, 0.3) is 5.91 Å². The standard InChI is InChI=1S/C17H18N6O3/c1-12(2)13-3-5-14(6-4-13)19-17(24)16-7-8-21(20-16)11-22-10-15(9-18-22)23(25)26/h3-10,12H,11H2,1-2H3,(H,19,24). The minimum Gasteiger partial charge on any atom is -0.321 e. The Kier molecular flexibility index (Phi) is 4.78. The predicted octanol–water partition coefficient (Wildman–Crippen LogP) is 2.87. The van der Waals surface area contributed by atoms with Crippen LogP contribution in [0.15, 0.2) is 48.9 Å². The minimum atomic E-state index is -0.518. The number of carbonyl (C=O) groups excluding carboxylic acids is 1. The second kappa shape index (κ2) is 7.18. The van der Waals surface area contributed by atoms with Gasteiger partial charge in [-0.2, -0.15) is 10.2 Å². The van der Waals surface area contributed by atoms with Crippen molar-refractivity contribution >= 4 is 17.3 Å². The predicted molar refractivity (Wildman–Crippen MR) is 95.0 cm³/mol. The van der Waals surface area contributed by atoms with E-state index in [0.29, 0.717) is 11.6 Å². The van der Waals surface area contributed by atoms with Gasteiger partial charge in [-0.05, 0) is 29.7 Å². The van der Waals surface area contributed by atoms with E-state index in [-0.39, 0.29) is 24.0 Å². The molecule has 0 spiro atoms. The molecule has 1 aromatic carbocycles. The molecule has 0 aliphatic carbocycles. The molecular weight excluding hydrogens is 336 g/mol. The molecule has 1 amide bonds. The Bertz CT molecular complexity index is 926. The first kappa shape index (κ1) is 17.3. The van der Waals surface area contributed by atoms with Crippen LogP contribution in [0.5, 0.6) is 0 Å². The summed E-state index contributed by atoms with van der Waals surface area (Å²) in [5, 5.41) is 21.5. The zero-order valence-corrected chi connectivity index (χ0v) is 14.4. The van der Waals surface area contributed by atoms with E-state index in [1.54, 1.807) is 12.3 Å². The van der Waals surface area contributed by atoms with Crippen LogP contribution in [0.1, 0.15) is 35.8 Å². The van der Waals surface area contributed by atoms with E-state index < -0.39 is 4.92 Å². The van der Waals surface area contributed by atoms with Gasteiger partial charge in [-0.25, -0.2) is 4.68 Å². The number of nitrogens with one attached hydrogen (secondary N) is 1. The van der Waals surface area contributed by atoms with E-state index in [4.69, 9.17) is 0 Å². The number of amides is 1. The van der Waals surface area contributed by atoms with Crippen molar-refractivity contribution in [2.75, 3.05) is 5.32 Å². The van der Waals surface area contributed by atoms with Crippen LogP contribution >= 0.6 is 0 Å². The van der Waals surface area contributed by atoms with Crippen molar-refractivity contribution in [1.29, 1.82) is 0 Å². The van der Waals surface area contributed by atoms with Crippen molar-refractivity contribution in [3.63, 3.8) is 0 Å². The number of benzene rings is 1. The lowest BCUT2D eigenvalue weighted by Crippen LogP contribution is -2.15. The summed E-state index contributed by atoms with van der Waals surface area (Å²) >= 11 is 0. The van der Waals surface area contributed by atoms with E-state index in [1.807, 2.05) is 24.3 Å². The third kappa shape index (κ3) is 3.94. The van der Waals surface area contributed by atoms with Crippen molar-refractivity contribution in [3.05, 3.63) is 70.3 Å². The summed E-state index contributed by atoms with van der Waals surface area (Å²) in [6, 6.07) is 9.24. The third-order valence-corrected chi connectivity index (χ3v) is 3.83. The number of aromatic nitrogens is 4. The smallest absolute Gasteiger partial charge is 0.307 e. The molecule has 3 rings (SSSR count). The first-order valence-electron chi connectivity index (χ1n) is 8.04. The molecule has 0 unspecified atom stereocenters. The van der Waals surface area contributed by atoms with Gasteiger partial charge < -0.3 is 5.32 Å². The number of anilines is 1. The average Bonchev–Trinajstić information content (AvgIpc) is 3.25. The molecule has 26 heavy (non-hydrogen) atoms. The highest BCUT2D eigenvalue weighted by Gasteiger charge is 2.12. The van der Waals surface area contributed by atoms with Gasteiger partial charge in [0, 0.05) is 11.9 Å². The molecule has 0 aliphatic heterocycles. The Labute approximate surface area is 149 Å². The minimum absolute atomic E-state index is 0.0973. The maximum Gasteiger partial charge on any atom is 0.307 e. The summed E-state index contributed by atoms with van der Waals surface area (Å²) in [5.74, 6) is 0.0982. The molecule has 3 aromatic rings. The molecule has 9 nitrogen and oxygen atoms in total. The van der Waals surface area contributed by atoms with Crippen molar-refractivity contribution in [3.8, 4) is 0 Å². The third-order valence-electron chi connectivity index (χ3n) is 3.83. The molecule has 9 heteroatoms. The van der Waals surface area contributed by atoms with Crippen LogP contribution in [0.2, 0.25) is 0 Å². The lowest BCUT2D eigenvalue weighted by atomic mass is 10.0. The molecule has 0 aliphatic rings. The SMILES string of the molecule is CC(C)c1ccc(NC(=O)c2ccn(Cn3cc([N+](=O)[O-])cn3)n2)cc1. The number of rotatable bonds is 6. The average molecular weight is 354 g/mol. The number of carbonyl (C=O) groups is 1. The fourth-order valence-electron chi connectivity index (χ4n) is 2.38. The van der Waals surface area contributed by atoms with Gasteiger partial charge in [0.2, 0.25) is 0 Å². The molecule has 2 heterocycles. The Morgan fingerprint density at radius 3 is 2.58 bits per heavy atom. The van der Waals surface area contributed by atoms with Crippen LogP contribution in [-0.2, 0) is 6.67 Å². The molecule has 0 saturated heterocycles. The molecular formula is C17H18N6O3. The molecule has 134 valence electrons. The van der Waals surface area contributed by atoms with Gasteiger partial charge in [-0.15, -0.1) is 0 Å². The van der Waals surface area contributed by atoms with Crippen molar-refractivity contribution in [1.82, 2.24) is 19.6 Å². The van der Waals surface area contributed by atoms with Gasteiger partial charge in [0.1, 0.15) is 19.1 Å². The number of nitro groups is 1. The van der Waals surface area contributed by atoms with Gasteiger partial charge in [0.05, 0.1) is 4.92 Å². The topological polar surface area (TPSA) is 108 Å². The normalized spacial score (nSPS) is 10.9. The van der Waals surface area contributed by atoms with E-state index >= 15 is 0 Å². The van der Waals surface area contributed by atoms with Crippen molar-refractivity contribution < 1.29 is 9.72 Å². The fraction of sp³-hybridized carbons (Fsp3) is 0.235. The zero-order valence-electron chi connectivity index (χ0n) is 14.4. The van der Waals surface area contributed by atoms with Crippen LogP contribution in [0.25, 0.3) is 0 Å². The van der Waals surface area contributed by atoms with E-state index in [9.17, 15) is 14.9 Å².